The van der Waals surface area contributed by atoms with E-state index in [-0.39, 0.29) is 12.5 Å². The number of β-amino-alcohol motifs (C(OH)–C–C–N with tert-alkyl or cyclic N) is 1. The standard InChI is InChI=1S/C18H25N3O3/c1-2-21-10-4-9-20(12-18(21)23)11-14(22)13-24-17-6-3-5-16-15(17)7-8-19-16/h3,5-8,14,19,22H,2,4,9-13H2,1H3. The van der Waals surface area contributed by atoms with Crippen molar-refractivity contribution in [1.29, 1.82) is 0 Å². The summed E-state index contributed by atoms with van der Waals surface area (Å²) in [5.74, 6) is 0.900. The average Bonchev–Trinajstić information content (AvgIpc) is 2.98. The molecule has 24 heavy (non-hydrogen) atoms. The summed E-state index contributed by atoms with van der Waals surface area (Å²) < 4.78 is 5.79. The summed E-state index contributed by atoms with van der Waals surface area (Å²) in [6, 6.07) is 7.77. The van der Waals surface area contributed by atoms with Crippen LogP contribution in [-0.4, -0.2) is 71.2 Å². The van der Waals surface area contributed by atoms with Gasteiger partial charge in [0.15, 0.2) is 0 Å². The molecule has 1 aromatic heterocycles. The lowest BCUT2D eigenvalue weighted by Gasteiger charge is -2.23. The van der Waals surface area contributed by atoms with Crippen molar-refractivity contribution in [3.8, 4) is 5.75 Å². The van der Waals surface area contributed by atoms with Gasteiger partial charge >= 0.3 is 0 Å². The smallest absolute Gasteiger partial charge is 0.236 e. The van der Waals surface area contributed by atoms with Crippen LogP contribution in [0, 0.1) is 0 Å². The van der Waals surface area contributed by atoms with Crippen molar-refractivity contribution in [2.45, 2.75) is 19.4 Å². The Morgan fingerprint density at radius 1 is 1.33 bits per heavy atom. The number of aliphatic hydroxyl groups excluding tert-OH is 1. The Morgan fingerprint density at radius 3 is 3.04 bits per heavy atom. The SMILES string of the molecule is CCN1CCCN(CC(O)COc2cccc3[nH]ccc23)CC1=O. The third-order valence-electron chi connectivity index (χ3n) is 4.45. The van der Waals surface area contributed by atoms with Crippen molar-refractivity contribution in [3.63, 3.8) is 0 Å². The molecule has 0 bridgehead atoms. The molecule has 2 heterocycles. The van der Waals surface area contributed by atoms with E-state index in [4.69, 9.17) is 4.74 Å². The average molecular weight is 331 g/mol. The minimum atomic E-state index is -0.625. The highest BCUT2D eigenvalue weighted by atomic mass is 16.5. The Labute approximate surface area is 142 Å². The zero-order valence-corrected chi connectivity index (χ0v) is 14.1. The summed E-state index contributed by atoms with van der Waals surface area (Å²) in [5, 5.41) is 11.3. The highest BCUT2D eigenvalue weighted by Gasteiger charge is 2.22. The molecule has 1 unspecified atom stereocenters. The van der Waals surface area contributed by atoms with E-state index < -0.39 is 6.10 Å². The number of aliphatic hydroxyl groups is 1. The Kier molecular flexibility index (Phi) is 5.37. The lowest BCUT2D eigenvalue weighted by molar-refractivity contribution is -0.131. The van der Waals surface area contributed by atoms with E-state index in [2.05, 4.69) is 4.98 Å². The number of hydrogen-bond acceptors (Lipinski definition) is 4. The summed E-state index contributed by atoms with van der Waals surface area (Å²) in [7, 11) is 0. The van der Waals surface area contributed by atoms with Crippen molar-refractivity contribution >= 4 is 16.8 Å². The molecule has 1 aromatic carbocycles. The summed E-state index contributed by atoms with van der Waals surface area (Å²) >= 11 is 0. The number of rotatable bonds is 6. The van der Waals surface area contributed by atoms with Crippen LogP contribution in [0.4, 0.5) is 0 Å². The van der Waals surface area contributed by atoms with Gasteiger partial charge in [-0.1, -0.05) is 6.07 Å². The first-order chi connectivity index (χ1) is 11.7. The van der Waals surface area contributed by atoms with E-state index >= 15 is 0 Å². The number of amides is 1. The van der Waals surface area contributed by atoms with Crippen LogP contribution in [0.3, 0.4) is 0 Å². The fourth-order valence-electron chi connectivity index (χ4n) is 3.19. The number of nitrogens with zero attached hydrogens (tertiary/aromatic N) is 2. The third-order valence-corrected chi connectivity index (χ3v) is 4.45. The molecule has 1 saturated heterocycles. The molecule has 1 amide bonds. The van der Waals surface area contributed by atoms with Gasteiger partial charge in [0.1, 0.15) is 18.5 Å². The predicted octanol–water partition coefficient (Wildman–Crippen LogP) is 1.46. The van der Waals surface area contributed by atoms with Crippen LogP contribution in [0.15, 0.2) is 30.5 Å². The van der Waals surface area contributed by atoms with E-state index in [1.807, 2.05) is 47.2 Å². The molecular weight excluding hydrogens is 306 g/mol. The second-order valence-corrected chi connectivity index (χ2v) is 6.22. The molecule has 0 radical (unpaired) electrons. The van der Waals surface area contributed by atoms with Crippen molar-refractivity contribution in [1.82, 2.24) is 14.8 Å². The highest BCUT2D eigenvalue weighted by molar-refractivity contribution is 5.85. The number of H-pyrrole nitrogens is 1. The first-order valence-electron chi connectivity index (χ1n) is 8.54. The first-order valence-corrected chi connectivity index (χ1v) is 8.54. The van der Waals surface area contributed by atoms with Crippen molar-refractivity contribution in [3.05, 3.63) is 30.5 Å². The highest BCUT2D eigenvalue weighted by Crippen LogP contribution is 2.24. The Balaban J connectivity index is 1.53. The van der Waals surface area contributed by atoms with Crippen LogP contribution < -0.4 is 4.74 Å². The van der Waals surface area contributed by atoms with E-state index in [0.29, 0.717) is 13.1 Å². The fourth-order valence-corrected chi connectivity index (χ4v) is 3.19. The largest absolute Gasteiger partial charge is 0.490 e. The molecule has 2 aromatic rings. The molecule has 0 saturated carbocycles. The molecule has 130 valence electrons. The van der Waals surface area contributed by atoms with Gasteiger partial charge in [-0.15, -0.1) is 0 Å². The second kappa shape index (κ2) is 7.68. The number of fused-ring (bicyclic) bond motifs is 1. The van der Waals surface area contributed by atoms with Crippen LogP contribution in [0.1, 0.15) is 13.3 Å². The van der Waals surface area contributed by atoms with Crippen LogP contribution in [0.25, 0.3) is 10.9 Å². The second-order valence-electron chi connectivity index (χ2n) is 6.22. The van der Waals surface area contributed by atoms with Gasteiger partial charge in [-0.25, -0.2) is 0 Å². The minimum Gasteiger partial charge on any atom is -0.490 e. The number of hydrogen-bond donors (Lipinski definition) is 2. The maximum atomic E-state index is 12.1. The quantitative estimate of drug-likeness (QED) is 0.841. The summed E-state index contributed by atoms with van der Waals surface area (Å²) in [6.07, 6.45) is 2.19. The van der Waals surface area contributed by atoms with E-state index in [1.54, 1.807) is 0 Å². The zero-order valence-electron chi connectivity index (χ0n) is 14.1. The monoisotopic (exact) mass is 331 g/mol. The number of benzene rings is 1. The van der Waals surface area contributed by atoms with Gasteiger partial charge in [0, 0.05) is 43.3 Å². The van der Waals surface area contributed by atoms with Crippen LogP contribution in [0.2, 0.25) is 0 Å². The van der Waals surface area contributed by atoms with Gasteiger partial charge in [0.25, 0.3) is 0 Å². The molecular formula is C18H25N3O3. The molecule has 1 atom stereocenters. The number of likely N-dealkylation sites (N-methyl/N-ethyl adjacent to an activating group) is 1. The number of aromatic nitrogens is 1. The van der Waals surface area contributed by atoms with Crippen molar-refractivity contribution in [2.24, 2.45) is 0 Å². The molecule has 3 rings (SSSR count). The minimum absolute atomic E-state index is 0.139. The predicted molar refractivity (Wildman–Crippen MR) is 93.1 cm³/mol. The van der Waals surface area contributed by atoms with Crippen molar-refractivity contribution in [2.75, 3.05) is 39.3 Å². The normalized spacial score (nSPS) is 17.9. The molecule has 6 heteroatoms. The Morgan fingerprint density at radius 2 is 2.21 bits per heavy atom. The van der Waals surface area contributed by atoms with Gasteiger partial charge in [0.2, 0.25) is 5.91 Å². The first kappa shape index (κ1) is 16.8. The third kappa shape index (κ3) is 3.88. The summed E-state index contributed by atoms with van der Waals surface area (Å²) in [4.78, 5) is 19.1. The number of carbonyl (C=O) groups excluding carboxylic acids is 1. The van der Waals surface area contributed by atoms with Gasteiger partial charge in [-0.3, -0.25) is 9.69 Å². The van der Waals surface area contributed by atoms with Crippen LogP contribution >= 0.6 is 0 Å². The Bertz CT molecular complexity index is 685. The molecule has 0 spiro atoms. The van der Waals surface area contributed by atoms with Gasteiger partial charge in [-0.2, -0.15) is 0 Å². The van der Waals surface area contributed by atoms with Gasteiger partial charge in [0.05, 0.1) is 6.54 Å². The topological polar surface area (TPSA) is 68.8 Å². The molecule has 2 N–H and O–H groups in total. The number of aromatic amines is 1. The molecule has 0 aliphatic carbocycles. The molecule has 1 fully saturated rings. The van der Waals surface area contributed by atoms with E-state index in [1.165, 1.54) is 0 Å². The number of nitrogens with one attached hydrogen (secondary N) is 1. The Hall–Kier alpha value is -2.05. The van der Waals surface area contributed by atoms with E-state index in [9.17, 15) is 9.90 Å². The van der Waals surface area contributed by atoms with Crippen LogP contribution in [-0.2, 0) is 4.79 Å². The molecule has 1 aliphatic rings. The van der Waals surface area contributed by atoms with Gasteiger partial charge in [-0.05, 0) is 31.5 Å². The summed E-state index contributed by atoms with van der Waals surface area (Å²) in [6.45, 7) is 5.41. The summed E-state index contributed by atoms with van der Waals surface area (Å²) in [5.41, 5.74) is 1.01. The zero-order chi connectivity index (χ0) is 16.9. The van der Waals surface area contributed by atoms with E-state index in [0.717, 1.165) is 42.7 Å². The number of ether oxygens (including phenoxy) is 1. The lowest BCUT2D eigenvalue weighted by atomic mass is 10.2. The number of carbonyl (C=O) groups is 1. The maximum absolute atomic E-state index is 12.1. The maximum Gasteiger partial charge on any atom is 0.236 e. The van der Waals surface area contributed by atoms with Crippen LogP contribution in [0.5, 0.6) is 5.75 Å². The fraction of sp³-hybridized carbons (Fsp3) is 0.500. The van der Waals surface area contributed by atoms with Crippen molar-refractivity contribution < 1.29 is 14.6 Å². The molecule has 6 nitrogen and oxygen atoms in total. The molecule has 1 aliphatic heterocycles. The van der Waals surface area contributed by atoms with Gasteiger partial charge < -0.3 is 19.7 Å². The lowest BCUT2D eigenvalue weighted by Crippen LogP contribution is -2.40.